The molecule has 1 aromatic rings. The van der Waals surface area contributed by atoms with E-state index < -0.39 is 8.07 Å². The predicted octanol–water partition coefficient (Wildman–Crippen LogP) is 4.72. The van der Waals surface area contributed by atoms with Crippen molar-refractivity contribution >= 4 is 14.3 Å². The fraction of sp³-hybridized carbons (Fsp3) is 0.533. The van der Waals surface area contributed by atoms with E-state index in [1.54, 1.807) is 0 Å². The minimum Gasteiger partial charge on any atom is -0.292 e. The van der Waals surface area contributed by atoms with Gasteiger partial charge in [0.2, 0.25) is 0 Å². The van der Waals surface area contributed by atoms with E-state index in [4.69, 9.17) is 4.99 Å². The van der Waals surface area contributed by atoms with E-state index >= 15 is 0 Å². The molecular weight excluding hydrogens is 222 g/mol. The zero-order valence-electron chi connectivity index (χ0n) is 12.0. The van der Waals surface area contributed by atoms with Crippen molar-refractivity contribution in [1.29, 1.82) is 0 Å². The second-order valence-electron chi connectivity index (χ2n) is 6.82. The number of nitrogens with zero attached hydrogens (tertiary/aromatic N) is 1. The SMILES string of the molecule is CC(C)(C)/C=N/[C@@H](c1ccccc1)[Si](C)(C)C. The van der Waals surface area contributed by atoms with Gasteiger partial charge in [-0.1, -0.05) is 70.7 Å². The third kappa shape index (κ3) is 4.86. The molecule has 0 bridgehead atoms. The third-order valence-corrected chi connectivity index (χ3v) is 4.67. The molecule has 17 heavy (non-hydrogen) atoms. The van der Waals surface area contributed by atoms with Gasteiger partial charge in [0.05, 0.1) is 13.7 Å². The summed E-state index contributed by atoms with van der Waals surface area (Å²) in [4.78, 5) is 4.87. The first-order valence-electron chi connectivity index (χ1n) is 6.29. The van der Waals surface area contributed by atoms with Gasteiger partial charge in [0, 0.05) is 6.21 Å². The van der Waals surface area contributed by atoms with E-state index in [0.29, 0.717) is 5.67 Å². The number of rotatable bonds is 3. The lowest BCUT2D eigenvalue weighted by Gasteiger charge is -2.27. The Labute approximate surface area is 107 Å². The molecule has 0 aromatic heterocycles. The van der Waals surface area contributed by atoms with Crippen molar-refractivity contribution in [2.75, 3.05) is 0 Å². The predicted molar refractivity (Wildman–Crippen MR) is 80.5 cm³/mol. The molecule has 1 rings (SSSR count). The summed E-state index contributed by atoms with van der Waals surface area (Å²) >= 11 is 0. The van der Waals surface area contributed by atoms with E-state index in [1.807, 2.05) is 0 Å². The zero-order chi connectivity index (χ0) is 13.1. The monoisotopic (exact) mass is 247 g/mol. The Morgan fingerprint density at radius 2 is 1.59 bits per heavy atom. The van der Waals surface area contributed by atoms with E-state index in [-0.39, 0.29) is 5.41 Å². The van der Waals surface area contributed by atoms with Crippen LogP contribution < -0.4 is 0 Å². The van der Waals surface area contributed by atoms with Gasteiger partial charge < -0.3 is 0 Å². The van der Waals surface area contributed by atoms with Crippen LogP contribution in [0.2, 0.25) is 19.6 Å². The maximum atomic E-state index is 4.87. The number of aliphatic imine (C=N–C) groups is 1. The van der Waals surface area contributed by atoms with Crippen LogP contribution in [-0.2, 0) is 0 Å². The van der Waals surface area contributed by atoms with Crippen molar-refractivity contribution in [3.63, 3.8) is 0 Å². The topological polar surface area (TPSA) is 12.4 Å². The molecule has 0 saturated heterocycles. The lowest BCUT2D eigenvalue weighted by molar-refractivity contribution is 0.602. The van der Waals surface area contributed by atoms with Crippen LogP contribution in [0.5, 0.6) is 0 Å². The lowest BCUT2D eigenvalue weighted by atomic mass is 9.99. The van der Waals surface area contributed by atoms with Crippen molar-refractivity contribution in [1.82, 2.24) is 0 Å². The Morgan fingerprint density at radius 3 is 2.00 bits per heavy atom. The molecule has 0 aliphatic rings. The molecule has 0 amide bonds. The minimum absolute atomic E-state index is 0.159. The van der Waals surface area contributed by atoms with Gasteiger partial charge in [-0.3, -0.25) is 4.99 Å². The summed E-state index contributed by atoms with van der Waals surface area (Å²) in [7, 11) is -1.33. The molecular formula is C15H25NSi. The molecule has 0 fully saturated rings. The molecule has 1 atom stereocenters. The van der Waals surface area contributed by atoms with Crippen LogP contribution in [0.25, 0.3) is 0 Å². The molecule has 0 radical (unpaired) electrons. The maximum Gasteiger partial charge on any atom is 0.0788 e. The highest BCUT2D eigenvalue weighted by molar-refractivity contribution is 6.77. The molecule has 1 nitrogen and oxygen atoms in total. The highest BCUT2D eigenvalue weighted by Crippen LogP contribution is 2.28. The first-order valence-corrected chi connectivity index (χ1v) is 9.87. The summed E-state index contributed by atoms with van der Waals surface area (Å²) in [5, 5.41) is 0. The van der Waals surface area contributed by atoms with Crippen molar-refractivity contribution in [2.45, 2.75) is 46.1 Å². The maximum absolute atomic E-state index is 4.87. The summed E-state index contributed by atoms with van der Waals surface area (Å²) in [6.07, 6.45) is 2.11. The Hall–Kier alpha value is -0.893. The molecule has 0 unspecified atom stereocenters. The molecule has 0 heterocycles. The minimum atomic E-state index is -1.33. The number of hydrogen-bond acceptors (Lipinski definition) is 1. The molecule has 0 aliphatic carbocycles. The average molecular weight is 247 g/mol. The van der Waals surface area contributed by atoms with Crippen LogP contribution in [0.1, 0.15) is 32.0 Å². The van der Waals surface area contributed by atoms with E-state index in [2.05, 4.69) is 77.0 Å². The van der Waals surface area contributed by atoms with Gasteiger partial charge >= 0.3 is 0 Å². The summed E-state index contributed by atoms with van der Waals surface area (Å²) in [6, 6.07) is 10.7. The van der Waals surface area contributed by atoms with Crippen LogP contribution >= 0.6 is 0 Å². The van der Waals surface area contributed by atoms with Gasteiger partial charge in [0.25, 0.3) is 0 Å². The summed E-state index contributed by atoms with van der Waals surface area (Å²) in [5.41, 5.74) is 1.88. The summed E-state index contributed by atoms with van der Waals surface area (Å²) in [5.74, 6) is 0. The molecule has 1 aromatic carbocycles. The summed E-state index contributed by atoms with van der Waals surface area (Å²) in [6.45, 7) is 13.7. The molecule has 0 N–H and O–H groups in total. The quantitative estimate of drug-likeness (QED) is 0.541. The molecule has 0 aliphatic heterocycles. The second-order valence-corrected chi connectivity index (χ2v) is 12.1. The Morgan fingerprint density at radius 1 is 1.06 bits per heavy atom. The normalized spacial score (nSPS) is 15.2. The highest BCUT2D eigenvalue weighted by Gasteiger charge is 2.27. The molecule has 2 heteroatoms. The lowest BCUT2D eigenvalue weighted by Crippen LogP contribution is -2.30. The fourth-order valence-electron chi connectivity index (χ4n) is 1.74. The second kappa shape index (κ2) is 5.17. The van der Waals surface area contributed by atoms with Gasteiger partial charge in [-0.25, -0.2) is 0 Å². The first-order chi connectivity index (χ1) is 7.70. The van der Waals surface area contributed by atoms with Crippen molar-refractivity contribution in [3.8, 4) is 0 Å². The Bertz CT molecular complexity index is 368. The molecule has 94 valence electrons. The molecule has 0 spiro atoms. The van der Waals surface area contributed by atoms with Crippen LogP contribution in [-0.4, -0.2) is 14.3 Å². The third-order valence-electron chi connectivity index (χ3n) is 2.55. The van der Waals surface area contributed by atoms with Crippen molar-refractivity contribution < 1.29 is 0 Å². The standard InChI is InChI=1S/C15H25NSi/c1-15(2,3)12-16-14(17(4,5)6)13-10-8-7-9-11-13/h7-12,14H,1-6H3/b16-12+/t14-/m1/s1. The first kappa shape index (κ1) is 14.2. The Balaban J connectivity index is 3.03. The van der Waals surface area contributed by atoms with Crippen molar-refractivity contribution in [2.24, 2.45) is 10.4 Å². The number of hydrogen-bond donors (Lipinski definition) is 0. The largest absolute Gasteiger partial charge is 0.292 e. The molecule has 0 saturated carbocycles. The fourth-order valence-corrected chi connectivity index (χ4v) is 3.46. The zero-order valence-corrected chi connectivity index (χ0v) is 13.0. The van der Waals surface area contributed by atoms with Crippen LogP contribution in [0, 0.1) is 5.41 Å². The van der Waals surface area contributed by atoms with Crippen LogP contribution in [0.4, 0.5) is 0 Å². The Kier molecular flexibility index (Phi) is 4.31. The van der Waals surface area contributed by atoms with Gasteiger partial charge in [-0.2, -0.15) is 0 Å². The highest BCUT2D eigenvalue weighted by atomic mass is 28.3. The van der Waals surface area contributed by atoms with Crippen LogP contribution in [0.15, 0.2) is 35.3 Å². The van der Waals surface area contributed by atoms with Gasteiger partial charge in [0.15, 0.2) is 0 Å². The van der Waals surface area contributed by atoms with Crippen molar-refractivity contribution in [3.05, 3.63) is 35.9 Å². The van der Waals surface area contributed by atoms with Gasteiger partial charge in [0.1, 0.15) is 0 Å². The smallest absolute Gasteiger partial charge is 0.0788 e. The van der Waals surface area contributed by atoms with Gasteiger partial charge in [-0.15, -0.1) is 0 Å². The summed E-state index contributed by atoms with van der Waals surface area (Å²) < 4.78 is 0. The van der Waals surface area contributed by atoms with Crippen LogP contribution in [0.3, 0.4) is 0 Å². The number of benzene rings is 1. The van der Waals surface area contributed by atoms with E-state index in [0.717, 1.165) is 0 Å². The van der Waals surface area contributed by atoms with E-state index in [1.165, 1.54) is 5.56 Å². The van der Waals surface area contributed by atoms with Gasteiger partial charge in [-0.05, 0) is 11.0 Å². The average Bonchev–Trinajstić information content (AvgIpc) is 2.15. The van der Waals surface area contributed by atoms with E-state index in [9.17, 15) is 0 Å².